The molecule has 0 rings (SSSR count). The summed E-state index contributed by atoms with van der Waals surface area (Å²) >= 11 is 0. The fraction of sp³-hybridized carbons (Fsp3) is 0.906. The number of allylic oxidation sites excluding steroid dienone is 1. The number of hydrogen-bond acceptors (Lipinski definition) is 5. The number of phosphoric ester groups is 1. The van der Waals surface area contributed by atoms with E-state index in [0.717, 1.165) is 38.5 Å². The average Bonchev–Trinajstić information content (AvgIpc) is 2.90. The minimum atomic E-state index is -4.31. The smallest absolute Gasteiger partial charge is 0.387 e. The Kier molecular flexibility index (Phi) is 25.2. The molecule has 1 amide bonds. The summed E-state index contributed by atoms with van der Waals surface area (Å²) in [5, 5.41) is 13.6. The predicted octanol–water partition coefficient (Wildman–Crippen LogP) is 7.68. The predicted molar refractivity (Wildman–Crippen MR) is 171 cm³/mol. The molecule has 0 bridgehead atoms. The number of aliphatic hydroxyl groups excluding tert-OH is 1. The second-order valence-corrected chi connectivity index (χ2v) is 14.0. The number of quaternary nitrogens is 1. The fourth-order valence-corrected chi connectivity index (χ4v) is 5.24. The second kappa shape index (κ2) is 25.7. The number of likely N-dealkylation sites (N-methyl/N-ethyl adjacent to an activating group) is 1. The highest BCUT2D eigenvalue weighted by molar-refractivity contribution is 7.47. The van der Waals surface area contributed by atoms with Crippen LogP contribution in [0.2, 0.25) is 0 Å². The van der Waals surface area contributed by atoms with Crippen molar-refractivity contribution in [2.45, 2.75) is 148 Å². The van der Waals surface area contributed by atoms with Crippen molar-refractivity contribution in [3.8, 4) is 0 Å². The minimum Gasteiger partial charge on any atom is -0.387 e. The standard InChI is InChI=1S/C32H65N2O6P/c1-6-8-10-12-14-16-18-20-22-24-26-32(36)33-30(29-40-41(37,38)39-28-27-34(3,4)5)31(35)25-23-21-19-17-15-13-11-9-7-2/h23,25,30-31,35H,6-22,24,26-29H2,1-5H3,(H-,33,36,37,38)/p+1/b25-23+/t30-,31+/m0/s1. The molecule has 0 aromatic rings. The average molecular weight is 606 g/mol. The molecule has 0 fully saturated rings. The SMILES string of the molecule is CCCCCCCCC/C=C/[C@@H](O)[C@H](COP(=O)(O)OCC[N+](C)(C)C)NC(=O)CCCCCCCCCCCC. The molecule has 244 valence electrons. The molecule has 3 atom stereocenters. The Balaban J connectivity index is 4.63. The van der Waals surface area contributed by atoms with Gasteiger partial charge >= 0.3 is 7.82 Å². The summed E-state index contributed by atoms with van der Waals surface area (Å²) in [6.45, 7) is 4.73. The lowest BCUT2D eigenvalue weighted by molar-refractivity contribution is -0.870. The van der Waals surface area contributed by atoms with Crippen LogP contribution in [0.15, 0.2) is 12.2 Å². The van der Waals surface area contributed by atoms with Crippen LogP contribution in [0.25, 0.3) is 0 Å². The zero-order valence-corrected chi connectivity index (χ0v) is 28.2. The molecular weight excluding hydrogens is 539 g/mol. The van der Waals surface area contributed by atoms with Crippen molar-refractivity contribution in [2.24, 2.45) is 0 Å². The number of carbonyl (C=O) groups is 1. The number of hydrogen-bond donors (Lipinski definition) is 3. The largest absolute Gasteiger partial charge is 0.472 e. The van der Waals surface area contributed by atoms with Crippen LogP contribution in [0.1, 0.15) is 136 Å². The van der Waals surface area contributed by atoms with Crippen LogP contribution in [0.4, 0.5) is 0 Å². The van der Waals surface area contributed by atoms with Crippen LogP contribution >= 0.6 is 7.82 Å². The Hall–Kier alpha value is -0.760. The number of carbonyl (C=O) groups excluding carboxylic acids is 1. The molecule has 1 unspecified atom stereocenters. The summed E-state index contributed by atoms with van der Waals surface area (Å²) in [5.41, 5.74) is 0. The number of phosphoric acid groups is 1. The first-order chi connectivity index (χ1) is 19.5. The van der Waals surface area contributed by atoms with Gasteiger partial charge in [-0.1, -0.05) is 122 Å². The molecule has 3 N–H and O–H groups in total. The summed E-state index contributed by atoms with van der Waals surface area (Å²) in [6, 6.07) is -0.835. The maximum Gasteiger partial charge on any atom is 0.472 e. The van der Waals surface area contributed by atoms with Crippen molar-refractivity contribution in [3.63, 3.8) is 0 Å². The molecule has 0 spiro atoms. The first-order valence-corrected chi connectivity index (χ1v) is 18.1. The molecule has 0 aliphatic carbocycles. The number of aliphatic hydroxyl groups is 1. The molecule has 0 radical (unpaired) electrons. The topological polar surface area (TPSA) is 105 Å². The zero-order chi connectivity index (χ0) is 30.8. The summed E-state index contributed by atoms with van der Waals surface area (Å²) in [6.07, 6.45) is 24.2. The van der Waals surface area contributed by atoms with Crippen LogP contribution in [-0.2, 0) is 18.4 Å². The van der Waals surface area contributed by atoms with Gasteiger partial charge in [0.15, 0.2) is 0 Å². The highest BCUT2D eigenvalue weighted by Gasteiger charge is 2.27. The van der Waals surface area contributed by atoms with Gasteiger partial charge in [0.05, 0.1) is 39.9 Å². The van der Waals surface area contributed by atoms with Crippen molar-refractivity contribution < 1.29 is 32.9 Å². The summed E-state index contributed by atoms with van der Waals surface area (Å²) in [7, 11) is 1.57. The van der Waals surface area contributed by atoms with Gasteiger partial charge in [-0.3, -0.25) is 13.8 Å². The molecule has 8 nitrogen and oxygen atoms in total. The Morgan fingerprint density at radius 3 is 1.80 bits per heavy atom. The highest BCUT2D eigenvalue weighted by Crippen LogP contribution is 2.43. The van der Waals surface area contributed by atoms with E-state index in [2.05, 4.69) is 19.2 Å². The van der Waals surface area contributed by atoms with Gasteiger partial charge in [0.25, 0.3) is 0 Å². The molecule has 0 aliphatic rings. The molecule has 0 saturated carbocycles. The van der Waals surface area contributed by atoms with E-state index < -0.39 is 20.0 Å². The third-order valence-corrected chi connectivity index (χ3v) is 8.24. The number of nitrogens with zero attached hydrogens (tertiary/aromatic N) is 1. The van der Waals surface area contributed by atoms with Crippen LogP contribution in [-0.4, -0.2) is 73.4 Å². The van der Waals surface area contributed by atoms with Gasteiger partial charge in [-0.2, -0.15) is 0 Å². The lowest BCUT2D eigenvalue weighted by atomic mass is 10.1. The molecule has 9 heteroatoms. The normalized spacial score (nSPS) is 15.2. The van der Waals surface area contributed by atoms with Crippen LogP contribution < -0.4 is 5.32 Å². The minimum absolute atomic E-state index is 0.0634. The number of nitrogens with one attached hydrogen (secondary N) is 1. The molecule has 0 aromatic carbocycles. The molecule has 0 heterocycles. The summed E-state index contributed by atoms with van der Waals surface area (Å²) in [5.74, 6) is -0.184. The van der Waals surface area contributed by atoms with E-state index in [1.807, 2.05) is 27.2 Å². The van der Waals surface area contributed by atoms with E-state index in [1.165, 1.54) is 77.0 Å². The van der Waals surface area contributed by atoms with E-state index >= 15 is 0 Å². The number of rotatable bonds is 29. The van der Waals surface area contributed by atoms with E-state index in [0.29, 0.717) is 17.4 Å². The van der Waals surface area contributed by atoms with Gasteiger partial charge < -0.3 is 19.8 Å². The van der Waals surface area contributed by atoms with Gasteiger partial charge in [-0.05, 0) is 19.3 Å². The Morgan fingerprint density at radius 1 is 0.805 bits per heavy atom. The van der Waals surface area contributed by atoms with Gasteiger partial charge in [0.1, 0.15) is 13.2 Å². The van der Waals surface area contributed by atoms with Crippen LogP contribution in [0.5, 0.6) is 0 Å². The van der Waals surface area contributed by atoms with Crippen LogP contribution in [0, 0.1) is 0 Å². The molecule has 0 aromatic heterocycles. The van der Waals surface area contributed by atoms with Crippen molar-refractivity contribution in [1.82, 2.24) is 5.32 Å². The first-order valence-electron chi connectivity index (χ1n) is 16.6. The van der Waals surface area contributed by atoms with Gasteiger partial charge in [0.2, 0.25) is 5.91 Å². The van der Waals surface area contributed by atoms with Gasteiger partial charge in [-0.15, -0.1) is 0 Å². The lowest BCUT2D eigenvalue weighted by Gasteiger charge is -2.25. The van der Waals surface area contributed by atoms with E-state index in [9.17, 15) is 19.4 Å². The summed E-state index contributed by atoms with van der Waals surface area (Å²) in [4.78, 5) is 22.8. The lowest BCUT2D eigenvalue weighted by Crippen LogP contribution is -2.45. The molecule has 0 aliphatic heterocycles. The Morgan fingerprint density at radius 2 is 1.29 bits per heavy atom. The zero-order valence-electron chi connectivity index (χ0n) is 27.3. The Bertz CT molecular complexity index is 698. The van der Waals surface area contributed by atoms with E-state index in [-0.39, 0.29) is 19.1 Å². The third-order valence-electron chi connectivity index (χ3n) is 7.26. The van der Waals surface area contributed by atoms with Gasteiger partial charge in [0, 0.05) is 6.42 Å². The van der Waals surface area contributed by atoms with E-state index in [1.54, 1.807) is 6.08 Å². The summed E-state index contributed by atoms with van der Waals surface area (Å²) < 4.78 is 23.3. The first kappa shape index (κ1) is 40.2. The Labute approximate surface area is 252 Å². The fourth-order valence-electron chi connectivity index (χ4n) is 4.51. The van der Waals surface area contributed by atoms with Crippen molar-refractivity contribution in [2.75, 3.05) is 40.9 Å². The van der Waals surface area contributed by atoms with Crippen LogP contribution in [0.3, 0.4) is 0 Å². The maximum absolute atomic E-state index is 12.7. The van der Waals surface area contributed by atoms with E-state index in [4.69, 9.17) is 9.05 Å². The molecule has 0 saturated heterocycles. The monoisotopic (exact) mass is 605 g/mol. The third kappa shape index (κ3) is 27.8. The number of amides is 1. The quantitative estimate of drug-likeness (QED) is 0.0350. The molecular formula is C32H66N2O6P+. The second-order valence-electron chi connectivity index (χ2n) is 12.5. The molecule has 41 heavy (non-hydrogen) atoms. The van der Waals surface area contributed by atoms with Crippen molar-refractivity contribution in [3.05, 3.63) is 12.2 Å². The van der Waals surface area contributed by atoms with Gasteiger partial charge in [-0.25, -0.2) is 4.57 Å². The highest BCUT2D eigenvalue weighted by atomic mass is 31.2. The maximum atomic E-state index is 12.7. The van der Waals surface area contributed by atoms with Crippen molar-refractivity contribution >= 4 is 13.7 Å². The number of unbranched alkanes of at least 4 members (excludes halogenated alkanes) is 16. The van der Waals surface area contributed by atoms with Crippen molar-refractivity contribution in [1.29, 1.82) is 0 Å².